The lowest BCUT2D eigenvalue weighted by molar-refractivity contribution is 0.475. The van der Waals surface area contributed by atoms with Gasteiger partial charge in [0, 0.05) is 25.7 Å². The van der Waals surface area contributed by atoms with Crippen LogP contribution in [0.4, 0.5) is 0 Å². The van der Waals surface area contributed by atoms with Gasteiger partial charge in [-0.15, -0.1) is 5.10 Å². The Hall–Kier alpha value is -0.900. The van der Waals surface area contributed by atoms with Crippen molar-refractivity contribution < 1.29 is 0 Å². The molecule has 1 rings (SSSR count). The number of hydrogen-bond donors (Lipinski definition) is 1. The number of unbranched alkanes of at least 4 members (excludes halogenated alkanes) is 6. The Balaban J connectivity index is 2.08. The number of aryl methyl sites for hydroxylation is 1. The van der Waals surface area contributed by atoms with Crippen molar-refractivity contribution in [3.8, 4) is 0 Å². The van der Waals surface area contributed by atoms with E-state index in [0.717, 1.165) is 12.1 Å². The molecule has 1 aromatic rings. The molecule has 1 unspecified atom stereocenters. The van der Waals surface area contributed by atoms with E-state index in [0.29, 0.717) is 6.04 Å². The molecule has 0 saturated heterocycles. The molecule has 1 aromatic heterocycles. The largest absolute Gasteiger partial charge is 0.317 e. The fourth-order valence-corrected chi connectivity index (χ4v) is 2.44. The number of nitrogens with zero attached hydrogens (tertiary/aromatic N) is 3. The molecule has 1 atom stereocenters. The molecular weight excluding hydrogens is 236 g/mol. The van der Waals surface area contributed by atoms with E-state index in [9.17, 15) is 0 Å². The van der Waals surface area contributed by atoms with Gasteiger partial charge in [-0.05, 0) is 13.5 Å². The summed E-state index contributed by atoms with van der Waals surface area (Å²) in [7, 11) is 3.96. The first kappa shape index (κ1) is 16.2. The third kappa shape index (κ3) is 7.31. The Labute approximate surface area is 118 Å². The summed E-state index contributed by atoms with van der Waals surface area (Å²) in [6.45, 7) is 2.27. The minimum atomic E-state index is 0.535. The van der Waals surface area contributed by atoms with Crippen LogP contribution in [0.1, 0.15) is 64.0 Å². The molecular formula is C15H30N4. The Kier molecular flexibility index (Phi) is 8.47. The van der Waals surface area contributed by atoms with Crippen LogP contribution < -0.4 is 5.32 Å². The molecule has 0 bridgehead atoms. The van der Waals surface area contributed by atoms with Crippen molar-refractivity contribution >= 4 is 0 Å². The summed E-state index contributed by atoms with van der Waals surface area (Å²) in [4.78, 5) is 0. The van der Waals surface area contributed by atoms with Crippen molar-refractivity contribution in [2.24, 2.45) is 7.05 Å². The Morgan fingerprint density at radius 3 is 2.42 bits per heavy atom. The number of rotatable bonds is 11. The van der Waals surface area contributed by atoms with Crippen molar-refractivity contribution in [2.75, 3.05) is 7.05 Å². The van der Waals surface area contributed by atoms with Crippen LogP contribution in [-0.2, 0) is 13.5 Å². The highest BCUT2D eigenvalue weighted by Gasteiger charge is 2.09. The monoisotopic (exact) mass is 266 g/mol. The highest BCUT2D eigenvalue weighted by molar-refractivity contribution is 4.95. The molecule has 0 aromatic carbocycles. The molecule has 0 saturated carbocycles. The summed E-state index contributed by atoms with van der Waals surface area (Å²) in [5, 5.41) is 11.5. The van der Waals surface area contributed by atoms with Crippen LogP contribution in [0.3, 0.4) is 0 Å². The lowest BCUT2D eigenvalue weighted by Gasteiger charge is -2.14. The molecule has 0 fully saturated rings. The quantitative estimate of drug-likeness (QED) is 0.626. The van der Waals surface area contributed by atoms with Crippen LogP contribution in [-0.4, -0.2) is 28.1 Å². The molecule has 0 amide bonds. The fourth-order valence-electron chi connectivity index (χ4n) is 2.44. The highest BCUT2D eigenvalue weighted by Crippen LogP contribution is 2.11. The van der Waals surface area contributed by atoms with Gasteiger partial charge in [0.2, 0.25) is 0 Å². The molecule has 4 nitrogen and oxygen atoms in total. The Morgan fingerprint density at radius 2 is 1.84 bits per heavy atom. The molecule has 19 heavy (non-hydrogen) atoms. The van der Waals surface area contributed by atoms with Gasteiger partial charge in [-0.2, -0.15) is 0 Å². The molecule has 0 aliphatic carbocycles. The van der Waals surface area contributed by atoms with E-state index in [1.807, 2.05) is 20.3 Å². The normalized spacial score (nSPS) is 12.8. The minimum absolute atomic E-state index is 0.535. The van der Waals surface area contributed by atoms with Gasteiger partial charge >= 0.3 is 0 Å². The lowest BCUT2D eigenvalue weighted by atomic mass is 10.0. The van der Waals surface area contributed by atoms with Gasteiger partial charge in [0.1, 0.15) is 0 Å². The maximum atomic E-state index is 4.15. The second-order valence-electron chi connectivity index (χ2n) is 5.48. The third-order valence-corrected chi connectivity index (χ3v) is 3.67. The molecule has 0 radical (unpaired) electrons. The summed E-state index contributed by atoms with van der Waals surface area (Å²) >= 11 is 0. The second-order valence-corrected chi connectivity index (χ2v) is 5.48. The molecule has 0 aliphatic rings. The number of aromatic nitrogens is 3. The summed E-state index contributed by atoms with van der Waals surface area (Å²) in [5.74, 6) is 0. The van der Waals surface area contributed by atoms with Crippen LogP contribution in [0.2, 0.25) is 0 Å². The average molecular weight is 266 g/mol. The topological polar surface area (TPSA) is 42.7 Å². The van der Waals surface area contributed by atoms with Crippen LogP contribution in [0.15, 0.2) is 6.20 Å². The van der Waals surface area contributed by atoms with Gasteiger partial charge < -0.3 is 5.32 Å². The van der Waals surface area contributed by atoms with Crippen LogP contribution >= 0.6 is 0 Å². The van der Waals surface area contributed by atoms with Crippen molar-refractivity contribution in [1.29, 1.82) is 0 Å². The molecule has 110 valence electrons. The van der Waals surface area contributed by atoms with E-state index >= 15 is 0 Å². The van der Waals surface area contributed by atoms with Crippen LogP contribution in [0, 0.1) is 0 Å². The zero-order valence-electron chi connectivity index (χ0n) is 12.9. The molecule has 0 aliphatic heterocycles. The predicted molar refractivity (Wildman–Crippen MR) is 80.2 cm³/mol. The summed E-state index contributed by atoms with van der Waals surface area (Å²) < 4.78 is 1.77. The smallest absolute Gasteiger partial charge is 0.0842 e. The SMILES string of the molecule is CCCCCCCCCC(Cc1cn(C)nn1)NC. The van der Waals surface area contributed by atoms with Crippen LogP contribution in [0.25, 0.3) is 0 Å². The maximum Gasteiger partial charge on any atom is 0.0842 e. The standard InChI is InChI=1S/C15H30N4/c1-4-5-6-7-8-9-10-11-14(16-2)12-15-13-19(3)18-17-15/h13-14,16H,4-12H2,1-3H3. The van der Waals surface area contributed by atoms with Gasteiger partial charge in [0.25, 0.3) is 0 Å². The average Bonchev–Trinajstić information content (AvgIpc) is 2.81. The van der Waals surface area contributed by atoms with E-state index in [1.165, 1.54) is 51.4 Å². The molecule has 4 heteroatoms. The number of nitrogens with one attached hydrogen (secondary N) is 1. The third-order valence-electron chi connectivity index (χ3n) is 3.67. The van der Waals surface area contributed by atoms with E-state index in [-0.39, 0.29) is 0 Å². The summed E-state index contributed by atoms with van der Waals surface area (Å²) in [6.07, 6.45) is 13.8. The van der Waals surface area contributed by atoms with E-state index < -0.39 is 0 Å². The lowest BCUT2D eigenvalue weighted by Crippen LogP contribution is -2.27. The highest BCUT2D eigenvalue weighted by atomic mass is 15.4. The maximum absolute atomic E-state index is 4.15. The van der Waals surface area contributed by atoms with Crippen molar-refractivity contribution in [3.63, 3.8) is 0 Å². The number of likely N-dealkylation sites (N-methyl/N-ethyl adjacent to an activating group) is 1. The van der Waals surface area contributed by atoms with Gasteiger partial charge in [-0.25, -0.2) is 0 Å². The first-order valence-electron chi connectivity index (χ1n) is 7.78. The van der Waals surface area contributed by atoms with E-state index in [2.05, 4.69) is 22.6 Å². The number of hydrogen-bond acceptors (Lipinski definition) is 3. The first-order valence-corrected chi connectivity index (χ1v) is 7.78. The Bertz CT molecular complexity index is 322. The van der Waals surface area contributed by atoms with Gasteiger partial charge in [0.15, 0.2) is 0 Å². The van der Waals surface area contributed by atoms with Crippen molar-refractivity contribution in [1.82, 2.24) is 20.3 Å². The molecule has 1 heterocycles. The molecule has 1 N–H and O–H groups in total. The minimum Gasteiger partial charge on any atom is -0.317 e. The first-order chi connectivity index (χ1) is 9.26. The van der Waals surface area contributed by atoms with Crippen LogP contribution in [0.5, 0.6) is 0 Å². The van der Waals surface area contributed by atoms with E-state index in [4.69, 9.17) is 0 Å². The zero-order chi connectivity index (χ0) is 13.9. The summed E-state index contributed by atoms with van der Waals surface area (Å²) in [5.41, 5.74) is 1.09. The molecule has 0 spiro atoms. The van der Waals surface area contributed by atoms with Gasteiger partial charge in [0.05, 0.1) is 5.69 Å². The second kappa shape index (κ2) is 9.96. The summed E-state index contributed by atoms with van der Waals surface area (Å²) in [6, 6.07) is 0.535. The Morgan fingerprint density at radius 1 is 1.16 bits per heavy atom. The zero-order valence-corrected chi connectivity index (χ0v) is 12.9. The van der Waals surface area contributed by atoms with Gasteiger partial charge in [-0.3, -0.25) is 4.68 Å². The van der Waals surface area contributed by atoms with Crippen molar-refractivity contribution in [3.05, 3.63) is 11.9 Å². The predicted octanol–water partition coefficient (Wildman–Crippen LogP) is 3.09. The fraction of sp³-hybridized carbons (Fsp3) is 0.867. The van der Waals surface area contributed by atoms with E-state index in [1.54, 1.807) is 4.68 Å². The van der Waals surface area contributed by atoms with Gasteiger partial charge in [-0.1, -0.05) is 57.1 Å². The van der Waals surface area contributed by atoms with Crippen molar-refractivity contribution in [2.45, 2.75) is 70.8 Å².